The van der Waals surface area contributed by atoms with Crippen LogP contribution in [-0.2, 0) is 0 Å². The Morgan fingerprint density at radius 3 is 2.73 bits per heavy atom. The number of hydrogen-bond acceptors (Lipinski definition) is 2. The molecular formula is C12H9BrO2. The third-order valence-electron chi connectivity index (χ3n) is 2.33. The first-order valence-corrected chi connectivity index (χ1v) is 5.27. The molecule has 0 spiro atoms. The first-order chi connectivity index (χ1) is 7.27. The van der Waals surface area contributed by atoms with E-state index in [4.69, 9.17) is 4.74 Å². The number of carbonyl (C=O) groups excluding carboxylic acids is 1. The van der Waals surface area contributed by atoms with E-state index in [1.807, 2.05) is 24.3 Å². The molecule has 0 aliphatic heterocycles. The van der Waals surface area contributed by atoms with Crippen LogP contribution in [0.25, 0.3) is 10.8 Å². The molecule has 2 aromatic carbocycles. The summed E-state index contributed by atoms with van der Waals surface area (Å²) in [6.45, 7) is 0. The average Bonchev–Trinajstić information content (AvgIpc) is 2.28. The Morgan fingerprint density at radius 1 is 1.27 bits per heavy atom. The predicted molar refractivity (Wildman–Crippen MR) is 63.6 cm³/mol. The fraction of sp³-hybridized carbons (Fsp3) is 0.0833. The Morgan fingerprint density at radius 2 is 2.07 bits per heavy atom. The molecule has 76 valence electrons. The minimum Gasteiger partial charge on any atom is -0.496 e. The van der Waals surface area contributed by atoms with Crippen LogP contribution in [0.3, 0.4) is 0 Å². The van der Waals surface area contributed by atoms with Gasteiger partial charge in [-0.25, -0.2) is 0 Å². The predicted octanol–water partition coefficient (Wildman–Crippen LogP) is 3.42. The van der Waals surface area contributed by atoms with Gasteiger partial charge in [-0.2, -0.15) is 0 Å². The lowest BCUT2D eigenvalue weighted by Gasteiger charge is -2.08. The largest absolute Gasteiger partial charge is 0.496 e. The van der Waals surface area contributed by atoms with Gasteiger partial charge >= 0.3 is 0 Å². The smallest absolute Gasteiger partial charge is 0.154 e. The highest BCUT2D eigenvalue weighted by Gasteiger charge is 2.09. The van der Waals surface area contributed by atoms with Gasteiger partial charge in [-0.3, -0.25) is 4.79 Å². The van der Waals surface area contributed by atoms with E-state index in [-0.39, 0.29) is 0 Å². The summed E-state index contributed by atoms with van der Waals surface area (Å²) in [5, 5.41) is 1.92. The van der Waals surface area contributed by atoms with Gasteiger partial charge in [0.2, 0.25) is 0 Å². The second kappa shape index (κ2) is 4.03. The lowest BCUT2D eigenvalue weighted by atomic mass is 10.0. The Hall–Kier alpha value is -1.35. The maximum atomic E-state index is 11.1. The number of ether oxygens (including phenoxy) is 1. The molecule has 2 nitrogen and oxygen atoms in total. The summed E-state index contributed by atoms with van der Waals surface area (Å²) in [5.74, 6) is 0.601. The van der Waals surface area contributed by atoms with E-state index in [1.165, 1.54) is 0 Å². The lowest BCUT2D eigenvalue weighted by molar-refractivity contribution is 0.112. The molecule has 0 bridgehead atoms. The molecule has 2 rings (SSSR count). The van der Waals surface area contributed by atoms with Crippen molar-refractivity contribution in [2.45, 2.75) is 0 Å². The molecule has 0 radical (unpaired) electrons. The summed E-state index contributed by atoms with van der Waals surface area (Å²) >= 11 is 3.44. The molecule has 15 heavy (non-hydrogen) atoms. The van der Waals surface area contributed by atoms with Gasteiger partial charge < -0.3 is 4.74 Å². The molecule has 0 aliphatic carbocycles. The third kappa shape index (κ3) is 1.63. The zero-order valence-corrected chi connectivity index (χ0v) is 9.74. The molecule has 0 unspecified atom stereocenters. The SMILES string of the molecule is COc1ccc2cccc(Br)c2c1C=O. The van der Waals surface area contributed by atoms with Crippen molar-refractivity contribution < 1.29 is 9.53 Å². The number of hydrogen-bond donors (Lipinski definition) is 0. The number of benzene rings is 2. The van der Waals surface area contributed by atoms with Crippen LogP contribution < -0.4 is 4.74 Å². The number of aldehydes is 1. The van der Waals surface area contributed by atoms with Crippen molar-refractivity contribution in [1.29, 1.82) is 0 Å². The van der Waals surface area contributed by atoms with Gasteiger partial charge in [-0.15, -0.1) is 0 Å². The number of fused-ring (bicyclic) bond motifs is 1. The summed E-state index contributed by atoms with van der Waals surface area (Å²) in [6.07, 6.45) is 0.825. The summed E-state index contributed by atoms with van der Waals surface area (Å²) < 4.78 is 6.05. The Kier molecular flexibility index (Phi) is 2.73. The van der Waals surface area contributed by atoms with E-state index < -0.39 is 0 Å². The van der Waals surface area contributed by atoms with E-state index >= 15 is 0 Å². The Bertz CT molecular complexity index is 520. The van der Waals surface area contributed by atoms with Crippen LogP contribution in [-0.4, -0.2) is 13.4 Å². The van der Waals surface area contributed by atoms with Gasteiger partial charge in [0, 0.05) is 9.86 Å². The molecular weight excluding hydrogens is 256 g/mol. The van der Waals surface area contributed by atoms with E-state index in [0.717, 1.165) is 21.5 Å². The summed E-state index contributed by atoms with van der Waals surface area (Å²) in [6, 6.07) is 9.55. The molecule has 2 aromatic rings. The van der Waals surface area contributed by atoms with Gasteiger partial charge in [-0.05, 0) is 17.5 Å². The summed E-state index contributed by atoms with van der Waals surface area (Å²) in [5.41, 5.74) is 0.586. The molecule has 0 heterocycles. The van der Waals surface area contributed by atoms with Gasteiger partial charge in [0.1, 0.15) is 5.75 Å². The molecule has 0 saturated heterocycles. The van der Waals surface area contributed by atoms with E-state index in [0.29, 0.717) is 11.3 Å². The van der Waals surface area contributed by atoms with Crippen LogP contribution in [0.15, 0.2) is 34.8 Å². The minimum absolute atomic E-state index is 0.586. The van der Waals surface area contributed by atoms with Crippen LogP contribution in [0, 0.1) is 0 Å². The molecule has 0 N–H and O–H groups in total. The quantitative estimate of drug-likeness (QED) is 0.777. The molecule has 0 saturated carbocycles. The topological polar surface area (TPSA) is 26.3 Å². The molecule has 0 aliphatic rings. The van der Waals surface area contributed by atoms with E-state index in [9.17, 15) is 4.79 Å². The fourth-order valence-electron chi connectivity index (χ4n) is 1.64. The van der Waals surface area contributed by atoms with Crippen molar-refractivity contribution in [2.24, 2.45) is 0 Å². The van der Waals surface area contributed by atoms with Crippen molar-refractivity contribution in [3.05, 3.63) is 40.4 Å². The highest BCUT2D eigenvalue weighted by atomic mass is 79.9. The standard InChI is InChI=1S/C12H9BrO2/c1-15-11-6-5-8-3-2-4-10(13)12(8)9(11)7-14/h2-7H,1H3. The van der Waals surface area contributed by atoms with Crippen LogP contribution in [0.2, 0.25) is 0 Å². The molecule has 0 atom stereocenters. The van der Waals surface area contributed by atoms with Crippen molar-refractivity contribution in [2.75, 3.05) is 7.11 Å². The molecule has 3 heteroatoms. The number of carbonyl (C=O) groups is 1. The second-order valence-corrected chi connectivity index (χ2v) is 3.99. The molecule has 0 fully saturated rings. The van der Waals surface area contributed by atoms with Crippen molar-refractivity contribution >= 4 is 33.0 Å². The third-order valence-corrected chi connectivity index (χ3v) is 2.99. The number of rotatable bonds is 2. The average molecular weight is 265 g/mol. The number of halogens is 1. The van der Waals surface area contributed by atoms with Crippen LogP contribution in [0.5, 0.6) is 5.75 Å². The molecule has 0 amide bonds. The molecule has 0 aromatic heterocycles. The monoisotopic (exact) mass is 264 g/mol. The van der Waals surface area contributed by atoms with Gasteiger partial charge in [0.05, 0.1) is 12.7 Å². The summed E-state index contributed by atoms with van der Waals surface area (Å²) in [4.78, 5) is 11.1. The second-order valence-electron chi connectivity index (χ2n) is 3.14. The van der Waals surface area contributed by atoms with Gasteiger partial charge in [0.25, 0.3) is 0 Å². The highest BCUT2D eigenvalue weighted by molar-refractivity contribution is 9.10. The lowest BCUT2D eigenvalue weighted by Crippen LogP contribution is -1.92. The number of methoxy groups -OCH3 is 1. The van der Waals surface area contributed by atoms with Crippen molar-refractivity contribution in [3.63, 3.8) is 0 Å². The van der Waals surface area contributed by atoms with E-state index in [1.54, 1.807) is 13.2 Å². The van der Waals surface area contributed by atoms with Crippen LogP contribution in [0.1, 0.15) is 10.4 Å². The minimum atomic E-state index is 0.586. The highest BCUT2D eigenvalue weighted by Crippen LogP contribution is 2.31. The normalized spacial score (nSPS) is 10.3. The van der Waals surface area contributed by atoms with Crippen molar-refractivity contribution in [1.82, 2.24) is 0 Å². The van der Waals surface area contributed by atoms with Crippen LogP contribution >= 0.6 is 15.9 Å². The van der Waals surface area contributed by atoms with Crippen LogP contribution in [0.4, 0.5) is 0 Å². The fourth-order valence-corrected chi connectivity index (χ4v) is 2.23. The maximum absolute atomic E-state index is 11.1. The Balaban J connectivity index is 2.91. The van der Waals surface area contributed by atoms with Crippen molar-refractivity contribution in [3.8, 4) is 5.75 Å². The zero-order chi connectivity index (χ0) is 10.8. The van der Waals surface area contributed by atoms with Gasteiger partial charge in [-0.1, -0.05) is 34.1 Å². The summed E-state index contributed by atoms with van der Waals surface area (Å²) in [7, 11) is 1.56. The van der Waals surface area contributed by atoms with E-state index in [2.05, 4.69) is 15.9 Å². The Labute approximate surface area is 96.0 Å². The van der Waals surface area contributed by atoms with Gasteiger partial charge in [0.15, 0.2) is 6.29 Å². The zero-order valence-electron chi connectivity index (χ0n) is 8.16. The maximum Gasteiger partial charge on any atom is 0.154 e. The first-order valence-electron chi connectivity index (χ1n) is 4.48. The first kappa shape index (κ1) is 10.2.